The van der Waals surface area contributed by atoms with Gasteiger partial charge in [0.15, 0.2) is 0 Å². The number of hydrogen-bond donors (Lipinski definition) is 1. The molecule has 0 aliphatic heterocycles. The predicted molar refractivity (Wildman–Crippen MR) is 73.1 cm³/mol. The average Bonchev–Trinajstić information content (AvgIpc) is 2.54. The van der Waals surface area contributed by atoms with E-state index in [1.807, 2.05) is 13.8 Å². The fourth-order valence-electron chi connectivity index (χ4n) is 1.00. The lowest BCUT2D eigenvalue weighted by Crippen LogP contribution is -2.27. The van der Waals surface area contributed by atoms with Crippen molar-refractivity contribution < 1.29 is 9.53 Å². The van der Waals surface area contributed by atoms with Crippen LogP contribution in [0.4, 0.5) is 0 Å². The molecule has 1 amide bonds. The zero-order valence-electron chi connectivity index (χ0n) is 9.05. The van der Waals surface area contributed by atoms with Crippen molar-refractivity contribution in [3.05, 3.63) is 19.2 Å². The topological polar surface area (TPSA) is 38.3 Å². The zero-order chi connectivity index (χ0) is 12.1. The number of carbonyl (C=O) groups is 1. The molecule has 1 rings (SSSR count). The molecule has 0 aliphatic carbocycles. The monoisotopic (exact) mass is 369 g/mol. The van der Waals surface area contributed by atoms with Crippen molar-refractivity contribution >= 4 is 49.1 Å². The van der Waals surface area contributed by atoms with Crippen molar-refractivity contribution in [3.8, 4) is 0 Å². The van der Waals surface area contributed by atoms with Crippen molar-refractivity contribution in [2.75, 3.05) is 13.2 Å². The molecule has 0 aliphatic rings. The summed E-state index contributed by atoms with van der Waals surface area (Å²) in [5, 5.41) is 2.80. The van der Waals surface area contributed by atoms with Crippen LogP contribution in [0.1, 0.15) is 23.5 Å². The second-order valence-electron chi connectivity index (χ2n) is 3.41. The Balaban J connectivity index is 2.35. The first-order chi connectivity index (χ1) is 7.50. The number of hydrogen-bond acceptors (Lipinski definition) is 3. The highest BCUT2D eigenvalue weighted by atomic mass is 79.9. The van der Waals surface area contributed by atoms with Crippen molar-refractivity contribution in [2.24, 2.45) is 0 Å². The second-order valence-corrected chi connectivity index (χ2v) is 6.63. The highest BCUT2D eigenvalue weighted by molar-refractivity contribution is 9.13. The lowest BCUT2D eigenvalue weighted by molar-refractivity contribution is 0.0748. The Morgan fingerprint density at radius 1 is 1.56 bits per heavy atom. The van der Waals surface area contributed by atoms with Gasteiger partial charge in [0.25, 0.3) is 5.91 Å². The van der Waals surface area contributed by atoms with Crippen LogP contribution in [0.5, 0.6) is 0 Å². The van der Waals surface area contributed by atoms with E-state index < -0.39 is 0 Å². The number of carbonyl (C=O) groups excluding carboxylic acids is 1. The van der Waals surface area contributed by atoms with E-state index in [9.17, 15) is 4.79 Å². The van der Waals surface area contributed by atoms with Gasteiger partial charge in [0.1, 0.15) is 0 Å². The van der Waals surface area contributed by atoms with Crippen LogP contribution in [-0.4, -0.2) is 25.2 Å². The first-order valence-corrected chi connectivity index (χ1v) is 7.25. The first kappa shape index (κ1) is 14.2. The van der Waals surface area contributed by atoms with E-state index in [1.165, 1.54) is 11.3 Å². The summed E-state index contributed by atoms with van der Waals surface area (Å²) in [4.78, 5) is 12.3. The quantitative estimate of drug-likeness (QED) is 0.806. The molecule has 16 heavy (non-hydrogen) atoms. The molecule has 0 fully saturated rings. The molecular formula is C10H13Br2NO2S. The summed E-state index contributed by atoms with van der Waals surface area (Å²) in [7, 11) is 0. The summed E-state index contributed by atoms with van der Waals surface area (Å²) in [6, 6.07) is 1.80. The van der Waals surface area contributed by atoms with Gasteiger partial charge in [-0.2, -0.15) is 0 Å². The third-order valence-corrected chi connectivity index (χ3v) is 4.96. The van der Waals surface area contributed by atoms with Crippen LogP contribution in [0.2, 0.25) is 0 Å². The molecule has 0 aromatic carbocycles. The van der Waals surface area contributed by atoms with E-state index in [-0.39, 0.29) is 12.0 Å². The van der Waals surface area contributed by atoms with E-state index in [1.54, 1.807) is 6.07 Å². The maximum Gasteiger partial charge on any atom is 0.261 e. The standard InChI is InChI=1S/C10H13Br2NO2S/c1-6(2)15-4-3-13-10(14)8-5-7(11)9(12)16-8/h5-6H,3-4H2,1-2H3,(H,13,14). The van der Waals surface area contributed by atoms with E-state index in [2.05, 4.69) is 37.2 Å². The van der Waals surface area contributed by atoms with E-state index in [0.29, 0.717) is 18.0 Å². The summed E-state index contributed by atoms with van der Waals surface area (Å²) in [5.74, 6) is -0.0660. The van der Waals surface area contributed by atoms with Gasteiger partial charge < -0.3 is 10.1 Å². The maximum atomic E-state index is 11.7. The van der Waals surface area contributed by atoms with Crippen molar-refractivity contribution in [1.29, 1.82) is 0 Å². The number of halogens is 2. The van der Waals surface area contributed by atoms with Crippen LogP contribution in [-0.2, 0) is 4.74 Å². The Bertz CT molecular complexity index is 346. The Morgan fingerprint density at radius 3 is 2.75 bits per heavy atom. The third-order valence-electron chi connectivity index (χ3n) is 1.71. The molecule has 1 heterocycles. The largest absolute Gasteiger partial charge is 0.377 e. The highest BCUT2D eigenvalue weighted by Gasteiger charge is 2.11. The van der Waals surface area contributed by atoms with E-state index >= 15 is 0 Å². The molecule has 1 N–H and O–H groups in total. The smallest absolute Gasteiger partial charge is 0.261 e. The van der Waals surface area contributed by atoms with Gasteiger partial charge in [-0.25, -0.2) is 0 Å². The molecule has 0 saturated heterocycles. The number of thiophene rings is 1. The molecule has 6 heteroatoms. The molecule has 0 saturated carbocycles. The zero-order valence-corrected chi connectivity index (χ0v) is 13.0. The number of ether oxygens (including phenoxy) is 1. The highest BCUT2D eigenvalue weighted by Crippen LogP contribution is 2.32. The normalized spacial score (nSPS) is 10.8. The SMILES string of the molecule is CC(C)OCCNC(=O)c1cc(Br)c(Br)s1. The van der Waals surface area contributed by atoms with E-state index in [0.717, 1.165) is 8.26 Å². The van der Waals surface area contributed by atoms with Crippen LogP contribution in [0.25, 0.3) is 0 Å². The van der Waals surface area contributed by atoms with Gasteiger partial charge in [-0.3, -0.25) is 4.79 Å². The Labute approximate surface area is 116 Å². The summed E-state index contributed by atoms with van der Waals surface area (Å²) in [5.41, 5.74) is 0. The van der Waals surface area contributed by atoms with Crippen molar-refractivity contribution in [2.45, 2.75) is 20.0 Å². The molecule has 90 valence electrons. The average molecular weight is 371 g/mol. The van der Waals surface area contributed by atoms with Crippen LogP contribution in [0.3, 0.4) is 0 Å². The Morgan fingerprint density at radius 2 is 2.25 bits per heavy atom. The summed E-state index contributed by atoms with van der Waals surface area (Å²) < 4.78 is 7.16. The molecule has 3 nitrogen and oxygen atoms in total. The minimum absolute atomic E-state index is 0.0660. The lowest BCUT2D eigenvalue weighted by Gasteiger charge is -2.07. The number of rotatable bonds is 5. The van der Waals surface area contributed by atoms with Crippen LogP contribution < -0.4 is 5.32 Å². The maximum absolute atomic E-state index is 11.7. The molecule has 1 aromatic rings. The van der Waals surface area contributed by atoms with Crippen LogP contribution in [0, 0.1) is 0 Å². The molecule has 0 bridgehead atoms. The molecule has 0 unspecified atom stereocenters. The number of nitrogens with one attached hydrogen (secondary N) is 1. The van der Waals surface area contributed by atoms with Crippen molar-refractivity contribution in [1.82, 2.24) is 5.32 Å². The summed E-state index contributed by atoms with van der Waals surface area (Å²) in [6.45, 7) is 5.01. The van der Waals surface area contributed by atoms with Gasteiger partial charge in [0.05, 0.1) is 21.4 Å². The predicted octanol–water partition coefficient (Wildman–Crippen LogP) is 3.43. The van der Waals surface area contributed by atoms with Gasteiger partial charge in [-0.1, -0.05) is 0 Å². The van der Waals surface area contributed by atoms with Crippen LogP contribution >= 0.6 is 43.2 Å². The fraction of sp³-hybridized carbons (Fsp3) is 0.500. The molecule has 0 spiro atoms. The van der Waals surface area contributed by atoms with Gasteiger partial charge in [-0.15, -0.1) is 11.3 Å². The summed E-state index contributed by atoms with van der Waals surface area (Å²) in [6.07, 6.45) is 0.196. The second kappa shape index (κ2) is 6.74. The molecule has 0 atom stereocenters. The van der Waals surface area contributed by atoms with Crippen molar-refractivity contribution in [3.63, 3.8) is 0 Å². The Kier molecular flexibility index (Phi) is 5.96. The minimum Gasteiger partial charge on any atom is -0.377 e. The van der Waals surface area contributed by atoms with Crippen LogP contribution in [0.15, 0.2) is 14.3 Å². The summed E-state index contributed by atoms with van der Waals surface area (Å²) >= 11 is 8.10. The van der Waals surface area contributed by atoms with Gasteiger partial charge in [0.2, 0.25) is 0 Å². The van der Waals surface area contributed by atoms with Gasteiger partial charge in [0, 0.05) is 11.0 Å². The first-order valence-electron chi connectivity index (χ1n) is 4.85. The van der Waals surface area contributed by atoms with E-state index in [4.69, 9.17) is 4.74 Å². The molecular weight excluding hydrogens is 358 g/mol. The molecule has 1 aromatic heterocycles. The molecule has 0 radical (unpaired) electrons. The third kappa shape index (κ3) is 4.53. The van der Waals surface area contributed by atoms with Gasteiger partial charge >= 0.3 is 0 Å². The fourth-order valence-corrected chi connectivity index (χ4v) is 2.96. The Hall–Kier alpha value is 0.0900. The lowest BCUT2D eigenvalue weighted by atomic mass is 10.4. The minimum atomic E-state index is -0.0660. The number of amides is 1. The van der Waals surface area contributed by atoms with Gasteiger partial charge in [-0.05, 0) is 51.8 Å².